The molecule has 0 bridgehead atoms. The summed E-state index contributed by atoms with van der Waals surface area (Å²) in [5.74, 6) is -1.16. The lowest BCUT2D eigenvalue weighted by Crippen LogP contribution is -2.12. The van der Waals surface area contributed by atoms with E-state index >= 15 is 0 Å². The molecule has 6 heteroatoms. The van der Waals surface area contributed by atoms with Crippen molar-refractivity contribution in [1.29, 1.82) is 0 Å². The van der Waals surface area contributed by atoms with Crippen LogP contribution in [0.5, 0.6) is 0 Å². The molecule has 1 heterocycles. The van der Waals surface area contributed by atoms with Crippen LogP contribution in [0.2, 0.25) is 0 Å². The van der Waals surface area contributed by atoms with E-state index in [0.717, 1.165) is 12.4 Å². The first-order valence-corrected chi connectivity index (χ1v) is 3.96. The maximum absolute atomic E-state index is 12.0. The summed E-state index contributed by atoms with van der Waals surface area (Å²) in [6, 6.07) is 0. The Morgan fingerprint density at radius 3 is 2.21 bits per heavy atom. The third-order valence-electron chi connectivity index (χ3n) is 1.49. The van der Waals surface area contributed by atoms with E-state index in [9.17, 15) is 13.2 Å². The fourth-order valence-electron chi connectivity index (χ4n) is 0.948. The first-order valence-electron chi connectivity index (χ1n) is 3.96. The predicted molar refractivity (Wildman–Crippen MR) is 42.4 cm³/mol. The number of alkyl halides is 3. The highest BCUT2D eigenvalue weighted by atomic mass is 19.4. The zero-order chi connectivity index (χ0) is 10.8. The highest BCUT2D eigenvalue weighted by molar-refractivity contribution is 5.07. The molecule has 1 aromatic heterocycles. The van der Waals surface area contributed by atoms with Gasteiger partial charge in [0.2, 0.25) is 5.82 Å². The molecule has 0 aliphatic heterocycles. The average molecular weight is 206 g/mol. The van der Waals surface area contributed by atoms with Gasteiger partial charge in [0.15, 0.2) is 0 Å². The molecular formula is C8H9F3N2O. The summed E-state index contributed by atoms with van der Waals surface area (Å²) in [5, 5.41) is 8.96. The number of rotatable bonds is 2. The molecule has 0 radical (unpaired) electrons. The van der Waals surface area contributed by atoms with Crippen LogP contribution in [0.25, 0.3) is 0 Å². The molecule has 0 aromatic carbocycles. The van der Waals surface area contributed by atoms with Crippen LogP contribution in [0.15, 0.2) is 12.4 Å². The van der Waals surface area contributed by atoms with E-state index in [1.54, 1.807) is 0 Å². The van der Waals surface area contributed by atoms with Crippen LogP contribution in [0, 0.1) is 0 Å². The van der Waals surface area contributed by atoms with Crippen LogP contribution >= 0.6 is 0 Å². The summed E-state index contributed by atoms with van der Waals surface area (Å²) in [5.41, 5.74) is 0.480. The largest absolute Gasteiger partial charge is 0.451 e. The number of aromatic nitrogens is 2. The van der Waals surface area contributed by atoms with Gasteiger partial charge in [-0.05, 0) is 12.5 Å². The minimum Gasteiger partial charge on any atom is -0.393 e. The van der Waals surface area contributed by atoms with Crippen molar-refractivity contribution in [2.24, 2.45) is 0 Å². The Balaban J connectivity index is 2.79. The maximum Gasteiger partial charge on any atom is 0.451 e. The molecule has 1 N–H and O–H groups in total. The zero-order valence-corrected chi connectivity index (χ0v) is 7.41. The lowest BCUT2D eigenvalue weighted by molar-refractivity contribution is -0.145. The molecular weight excluding hydrogens is 197 g/mol. The number of aliphatic hydroxyl groups excluding tert-OH is 1. The Kier molecular flexibility index (Phi) is 3.05. The molecule has 0 fully saturated rings. The van der Waals surface area contributed by atoms with Gasteiger partial charge in [-0.3, -0.25) is 0 Å². The van der Waals surface area contributed by atoms with Crippen LogP contribution < -0.4 is 0 Å². The van der Waals surface area contributed by atoms with Gasteiger partial charge in [0.05, 0.1) is 6.10 Å². The third-order valence-corrected chi connectivity index (χ3v) is 1.49. The number of nitrogens with zero attached hydrogens (tertiary/aromatic N) is 2. The molecule has 78 valence electrons. The van der Waals surface area contributed by atoms with Crippen LogP contribution in [-0.4, -0.2) is 21.2 Å². The minimum absolute atomic E-state index is 0.248. The summed E-state index contributed by atoms with van der Waals surface area (Å²) < 4.78 is 36.0. The van der Waals surface area contributed by atoms with Gasteiger partial charge in [-0.1, -0.05) is 0 Å². The van der Waals surface area contributed by atoms with Gasteiger partial charge in [0.25, 0.3) is 0 Å². The second kappa shape index (κ2) is 3.91. The monoisotopic (exact) mass is 206 g/mol. The normalized spacial score (nSPS) is 14.1. The fraction of sp³-hybridized carbons (Fsp3) is 0.500. The maximum atomic E-state index is 12.0. The van der Waals surface area contributed by atoms with Crippen molar-refractivity contribution in [2.75, 3.05) is 0 Å². The molecule has 3 nitrogen and oxygen atoms in total. The van der Waals surface area contributed by atoms with Crippen molar-refractivity contribution >= 4 is 0 Å². The quantitative estimate of drug-likeness (QED) is 0.795. The van der Waals surface area contributed by atoms with Crippen LogP contribution in [0.3, 0.4) is 0 Å². The highest BCUT2D eigenvalue weighted by Gasteiger charge is 2.34. The van der Waals surface area contributed by atoms with Gasteiger partial charge in [-0.2, -0.15) is 13.2 Å². The molecule has 0 saturated carbocycles. The molecule has 0 spiro atoms. The molecule has 1 unspecified atom stereocenters. The van der Waals surface area contributed by atoms with Crippen LogP contribution in [0.1, 0.15) is 18.3 Å². The smallest absolute Gasteiger partial charge is 0.393 e. The number of halogens is 3. The van der Waals surface area contributed by atoms with Gasteiger partial charge in [0.1, 0.15) is 0 Å². The summed E-state index contributed by atoms with van der Waals surface area (Å²) >= 11 is 0. The Morgan fingerprint density at radius 1 is 1.36 bits per heavy atom. The van der Waals surface area contributed by atoms with Gasteiger partial charge >= 0.3 is 6.18 Å². The lowest BCUT2D eigenvalue weighted by atomic mass is 10.2. The molecule has 0 aliphatic rings. The van der Waals surface area contributed by atoms with Crippen molar-refractivity contribution in [1.82, 2.24) is 9.97 Å². The first-order chi connectivity index (χ1) is 6.39. The van der Waals surface area contributed by atoms with Crippen LogP contribution in [-0.2, 0) is 12.6 Å². The van der Waals surface area contributed by atoms with E-state index in [1.807, 2.05) is 0 Å². The fourth-order valence-corrected chi connectivity index (χ4v) is 0.948. The predicted octanol–water partition coefficient (Wildman–Crippen LogP) is 1.42. The van der Waals surface area contributed by atoms with Crippen molar-refractivity contribution in [3.8, 4) is 0 Å². The van der Waals surface area contributed by atoms with E-state index in [1.165, 1.54) is 6.92 Å². The molecule has 1 atom stereocenters. The Labute approximate surface area is 78.6 Å². The Morgan fingerprint density at radius 2 is 1.86 bits per heavy atom. The molecule has 0 aliphatic carbocycles. The first kappa shape index (κ1) is 10.9. The van der Waals surface area contributed by atoms with Gasteiger partial charge in [-0.15, -0.1) is 0 Å². The molecule has 0 amide bonds. The molecule has 1 aromatic rings. The molecule has 1 rings (SSSR count). The second-order valence-corrected chi connectivity index (χ2v) is 2.97. The van der Waals surface area contributed by atoms with E-state index in [0.29, 0.717) is 5.56 Å². The van der Waals surface area contributed by atoms with Crippen LogP contribution in [0.4, 0.5) is 13.2 Å². The second-order valence-electron chi connectivity index (χ2n) is 2.97. The van der Waals surface area contributed by atoms with Crippen molar-refractivity contribution in [3.63, 3.8) is 0 Å². The summed E-state index contributed by atoms with van der Waals surface area (Å²) in [6.07, 6.45) is -2.73. The lowest BCUT2D eigenvalue weighted by Gasteiger charge is -2.06. The minimum atomic E-state index is -4.51. The summed E-state index contributed by atoms with van der Waals surface area (Å²) in [6.45, 7) is 1.54. The topological polar surface area (TPSA) is 46.0 Å². The summed E-state index contributed by atoms with van der Waals surface area (Å²) in [7, 11) is 0. The standard InChI is InChI=1S/C8H9F3N2O/c1-5(14)2-6-3-12-7(13-4-6)8(9,10)11/h3-5,14H,2H2,1H3. The molecule has 14 heavy (non-hydrogen) atoms. The van der Waals surface area contributed by atoms with Gasteiger partial charge in [-0.25, -0.2) is 9.97 Å². The van der Waals surface area contributed by atoms with E-state index < -0.39 is 18.1 Å². The number of hydrogen-bond donors (Lipinski definition) is 1. The number of hydrogen-bond acceptors (Lipinski definition) is 3. The van der Waals surface area contributed by atoms with E-state index in [-0.39, 0.29) is 6.42 Å². The highest BCUT2D eigenvalue weighted by Crippen LogP contribution is 2.25. The van der Waals surface area contributed by atoms with Crippen molar-refractivity contribution in [3.05, 3.63) is 23.8 Å². The van der Waals surface area contributed by atoms with Crippen molar-refractivity contribution < 1.29 is 18.3 Å². The Bertz CT molecular complexity index is 294. The van der Waals surface area contributed by atoms with Gasteiger partial charge < -0.3 is 5.11 Å². The average Bonchev–Trinajstić information content (AvgIpc) is 2.02. The van der Waals surface area contributed by atoms with E-state index in [2.05, 4.69) is 9.97 Å². The third kappa shape index (κ3) is 2.95. The van der Waals surface area contributed by atoms with Crippen molar-refractivity contribution in [2.45, 2.75) is 25.6 Å². The molecule has 0 saturated heterocycles. The van der Waals surface area contributed by atoms with E-state index in [4.69, 9.17) is 5.11 Å². The zero-order valence-electron chi connectivity index (χ0n) is 7.41. The van der Waals surface area contributed by atoms with Gasteiger partial charge in [0, 0.05) is 18.8 Å². The Hall–Kier alpha value is -1.17. The SMILES string of the molecule is CC(O)Cc1cnc(C(F)(F)F)nc1. The summed E-state index contributed by atoms with van der Waals surface area (Å²) in [4.78, 5) is 6.31. The number of aliphatic hydroxyl groups is 1.